The molecule has 0 saturated heterocycles. The number of methoxy groups -OCH3 is 1. The standard InChI is InChI=1S/C13H20O.C10H14O/c1-10(2)9-14-13-7-5-12(6-8-13)11(3)4;1-8(2)9-4-6-10(11-3)7-5-9/h5-8,10-11H,9H2,1-4H3;4-8H,1-3H3. The van der Waals surface area contributed by atoms with Gasteiger partial charge in [0.1, 0.15) is 11.5 Å². The van der Waals surface area contributed by atoms with Gasteiger partial charge in [0.25, 0.3) is 0 Å². The molecule has 0 fully saturated rings. The van der Waals surface area contributed by atoms with Gasteiger partial charge in [-0.05, 0) is 53.1 Å². The van der Waals surface area contributed by atoms with Gasteiger partial charge in [0.2, 0.25) is 0 Å². The van der Waals surface area contributed by atoms with E-state index in [0.29, 0.717) is 17.8 Å². The first-order valence-electron chi connectivity index (χ1n) is 9.20. The molecule has 0 bridgehead atoms. The Balaban J connectivity index is 0.000000257. The van der Waals surface area contributed by atoms with E-state index >= 15 is 0 Å². The number of benzene rings is 2. The van der Waals surface area contributed by atoms with Crippen LogP contribution in [0.4, 0.5) is 0 Å². The second kappa shape index (κ2) is 10.8. The first kappa shape index (κ1) is 21.1. The van der Waals surface area contributed by atoms with Crippen molar-refractivity contribution in [2.45, 2.75) is 53.4 Å². The zero-order chi connectivity index (χ0) is 18.8. The molecule has 0 unspecified atom stereocenters. The molecule has 0 saturated carbocycles. The van der Waals surface area contributed by atoms with Crippen molar-refractivity contribution in [3.05, 3.63) is 59.7 Å². The number of hydrogen-bond donors (Lipinski definition) is 0. The van der Waals surface area contributed by atoms with Crippen molar-refractivity contribution < 1.29 is 9.47 Å². The van der Waals surface area contributed by atoms with E-state index in [2.05, 4.69) is 77.9 Å². The van der Waals surface area contributed by atoms with Crippen LogP contribution < -0.4 is 9.47 Å². The quantitative estimate of drug-likeness (QED) is 0.584. The van der Waals surface area contributed by atoms with Gasteiger partial charge in [-0.1, -0.05) is 65.8 Å². The molecule has 0 heterocycles. The molecule has 0 aliphatic carbocycles. The Labute approximate surface area is 154 Å². The van der Waals surface area contributed by atoms with E-state index in [4.69, 9.17) is 9.47 Å². The van der Waals surface area contributed by atoms with Crippen molar-refractivity contribution >= 4 is 0 Å². The predicted octanol–water partition coefficient (Wildman–Crippen LogP) is 6.66. The minimum atomic E-state index is 0.583. The Kier molecular flexibility index (Phi) is 9.12. The van der Waals surface area contributed by atoms with Crippen molar-refractivity contribution in [3.63, 3.8) is 0 Å². The van der Waals surface area contributed by atoms with Gasteiger partial charge < -0.3 is 9.47 Å². The van der Waals surface area contributed by atoms with Crippen LogP contribution in [0.15, 0.2) is 48.5 Å². The van der Waals surface area contributed by atoms with Crippen LogP contribution in [0.1, 0.15) is 64.5 Å². The molecule has 2 nitrogen and oxygen atoms in total. The summed E-state index contributed by atoms with van der Waals surface area (Å²) in [5.41, 5.74) is 2.72. The van der Waals surface area contributed by atoms with Crippen LogP contribution in [0.5, 0.6) is 11.5 Å². The van der Waals surface area contributed by atoms with Gasteiger partial charge >= 0.3 is 0 Å². The van der Waals surface area contributed by atoms with E-state index in [-0.39, 0.29) is 0 Å². The Hall–Kier alpha value is -1.96. The molecule has 0 aromatic heterocycles. The SMILES string of the molecule is CC(C)COc1ccc(C(C)C)cc1.COc1ccc(C(C)C)cc1. The maximum absolute atomic E-state index is 5.60. The molecule has 2 heteroatoms. The average Bonchev–Trinajstić information content (AvgIpc) is 2.60. The normalized spacial score (nSPS) is 10.6. The molecule has 0 aliphatic heterocycles. The number of hydrogen-bond acceptors (Lipinski definition) is 2. The van der Waals surface area contributed by atoms with E-state index in [1.807, 2.05) is 12.1 Å². The van der Waals surface area contributed by atoms with Crippen molar-refractivity contribution in [2.75, 3.05) is 13.7 Å². The summed E-state index contributed by atoms with van der Waals surface area (Å²) >= 11 is 0. The van der Waals surface area contributed by atoms with Crippen LogP contribution in [0.25, 0.3) is 0 Å². The molecule has 25 heavy (non-hydrogen) atoms. The van der Waals surface area contributed by atoms with Crippen molar-refractivity contribution in [1.82, 2.24) is 0 Å². The number of rotatable bonds is 6. The molecule has 0 amide bonds. The highest BCUT2D eigenvalue weighted by Crippen LogP contribution is 2.19. The first-order valence-corrected chi connectivity index (χ1v) is 9.20. The van der Waals surface area contributed by atoms with E-state index in [9.17, 15) is 0 Å². The van der Waals surface area contributed by atoms with E-state index < -0.39 is 0 Å². The molecule has 0 radical (unpaired) electrons. The van der Waals surface area contributed by atoms with Crippen LogP contribution in [0.2, 0.25) is 0 Å². The highest BCUT2D eigenvalue weighted by molar-refractivity contribution is 5.29. The molecule has 2 aromatic rings. The highest BCUT2D eigenvalue weighted by atomic mass is 16.5. The molecular weight excluding hydrogens is 308 g/mol. The molecule has 138 valence electrons. The topological polar surface area (TPSA) is 18.5 Å². The van der Waals surface area contributed by atoms with Crippen LogP contribution in [-0.4, -0.2) is 13.7 Å². The zero-order valence-electron chi connectivity index (χ0n) is 16.9. The summed E-state index contributed by atoms with van der Waals surface area (Å²) in [5.74, 6) is 3.67. The lowest BCUT2D eigenvalue weighted by Gasteiger charge is -2.10. The molecule has 0 spiro atoms. The maximum atomic E-state index is 5.60. The summed E-state index contributed by atoms with van der Waals surface area (Å²) < 4.78 is 10.7. The monoisotopic (exact) mass is 342 g/mol. The predicted molar refractivity (Wildman–Crippen MR) is 108 cm³/mol. The van der Waals surface area contributed by atoms with E-state index in [0.717, 1.165) is 18.1 Å². The lowest BCUT2D eigenvalue weighted by molar-refractivity contribution is 0.271. The fraction of sp³-hybridized carbons (Fsp3) is 0.478. The fourth-order valence-corrected chi connectivity index (χ4v) is 2.20. The largest absolute Gasteiger partial charge is 0.497 e. The first-order chi connectivity index (χ1) is 11.8. The summed E-state index contributed by atoms with van der Waals surface area (Å²) in [6.45, 7) is 13.9. The third-order valence-corrected chi connectivity index (χ3v) is 3.91. The van der Waals surface area contributed by atoms with Gasteiger partial charge in [0.05, 0.1) is 13.7 Å². The average molecular weight is 343 g/mol. The van der Waals surface area contributed by atoms with Gasteiger partial charge in [-0.15, -0.1) is 0 Å². The van der Waals surface area contributed by atoms with Crippen molar-refractivity contribution in [1.29, 1.82) is 0 Å². The summed E-state index contributed by atoms with van der Waals surface area (Å²) in [7, 11) is 1.68. The molecule has 0 N–H and O–H groups in total. The Morgan fingerprint density at radius 2 is 1.04 bits per heavy atom. The van der Waals surface area contributed by atoms with E-state index in [1.54, 1.807) is 7.11 Å². The third kappa shape index (κ3) is 8.11. The Bertz CT molecular complexity index is 580. The Morgan fingerprint density at radius 1 is 0.640 bits per heavy atom. The molecular formula is C23H34O2. The van der Waals surface area contributed by atoms with Gasteiger partial charge in [-0.3, -0.25) is 0 Å². The lowest BCUT2D eigenvalue weighted by atomic mass is 10.0. The van der Waals surface area contributed by atoms with Crippen LogP contribution in [0.3, 0.4) is 0 Å². The lowest BCUT2D eigenvalue weighted by Crippen LogP contribution is -2.04. The van der Waals surface area contributed by atoms with Crippen molar-refractivity contribution in [2.24, 2.45) is 5.92 Å². The van der Waals surface area contributed by atoms with Crippen LogP contribution in [-0.2, 0) is 0 Å². The minimum Gasteiger partial charge on any atom is -0.497 e. The van der Waals surface area contributed by atoms with Gasteiger partial charge in [0, 0.05) is 0 Å². The molecule has 2 rings (SSSR count). The summed E-state index contributed by atoms with van der Waals surface area (Å²) in [5, 5.41) is 0. The summed E-state index contributed by atoms with van der Waals surface area (Å²) in [4.78, 5) is 0. The third-order valence-electron chi connectivity index (χ3n) is 3.91. The Morgan fingerprint density at radius 3 is 1.36 bits per heavy atom. The second-order valence-electron chi connectivity index (χ2n) is 7.36. The van der Waals surface area contributed by atoms with Crippen LogP contribution in [0, 0.1) is 5.92 Å². The van der Waals surface area contributed by atoms with Crippen molar-refractivity contribution in [3.8, 4) is 11.5 Å². The molecule has 0 atom stereocenters. The summed E-state index contributed by atoms with van der Waals surface area (Å²) in [6.07, 6.45) is 0. The summed E-state index contributed by atoms with van der Waals surface area (Å²) in [6, 6.07) is 16.6. The second-order valence-corrected chi connectivity index (χ2v) is 7.36. The van der Waals surface area contributed by atoms with Gasteiger partial charge in [-0.25, -0.2) is 0 Å². The zero-order valence-corrected chi connectivity index (χ0v) is 16.9. The van der Waals surface area contributed by atoms with E-state index in [1.165, 1.54) is 11.1 Å². The highest BCUT2D eigenvalue weighted by Gasteiger charge is 2.00. The smallest absolute Gasteiger partial charge is 0.119 e. The minimum absolute atomic E-state index is 0.583. The molecule has 0 aliphatic rings. The van der Waals surface area contributed by atoms with Gasteiger partial charge in [-0.2, -0.15) is 0 Å². The number of ether oxygens (including phenoxy) is 2. The maximum Gasteiger partial charge on any atom is 0.119 e. The molecule has 2 aromatic carbocycles. The van der Waals surface area contributed by atoms with Gasteiger partial charge in [0.15, 0.2) is 0 Å². The van der Waals surface area contributed by atoms with Crippen LogP contribution >= 0.6 is 0 Å². The fourth-order valence-electron chi connectivity index (χ4n) is 2.20.